The Morgan fingerprint density at radius 2 is 1.94 bits per heavy atom. The van der Waals surface area contributed by atoms with Gasteiger partial charge >= 0.3 is 0 Å². The number of rotatable bonds is 3. The smallest absolute Gasteiger partial charge is 0.176 e. The number of nitrogens with zero attached hydrogens (tertiary/aromatic N) is 3. The SMILES string of the molecule is c1ccc(Cn2ccnc2-c2ncc[nH]2)cc1. The lowest BCUT2D eigenvalue weighted by atomic mass is 10.2. The Hall–Kier alpha value is -2.36. The minimum absolute atomic E-state index is 0.797. The van der Waals surface area contributed by atoms with E-state index in [1.54, 1.807) is 18.6 Å². The number of H-pyrrole nitrogens is 1. The van der Waals surface area contributed by atoms with Crippen molar-refractivity contribution < 1.29 is 0 Å². The maximum absolute atomic E-state index is 4.32. The van der Waals surface area contributed by atoms with Crippen molar-refractivity contribution in [3.63, 3.8) is 0 Å². The first-order valence-electron chi connectivity index (χ1n) is 5.48. The fourth-order valence-electron chi connectivity index (χ4n) is 1.82. The summed E-state index contributed by atoms with van der Waals surface area (Å²) < 4.78 is 2.08. The summed E-state index contributed by atoms with van der Waals surface area (Å²) in [5, 5.41) is 0. The molecular formula is C13H12N4. The van der Waals surface area contributed by atoms with Gasteiger partial charge in [-0.05, 0) is 5.56 Å². The number of aromatic nitrogens is 4. The molecule has 0 fully saturated rings. The molecule has 0 atom stereocenters. The second-order valence-corrected chi connectivity index (χ2v) is 3.80. The number of hydrogen-bond donors (Lipinski definition) is 1. The highest BCUT2D eigenvalue weighted by atomic mass is 15.1. The number of benzene rings is 1. The molecule has 2 aromatic heterocycles. The van der Waals surface area contributed by atoms with Crippen LogP contribution in [0.2, 0.25) is 0 Å². The van der Waals surface area contributed by atoms with Crippen LogP contribution in [0.3, 0.4) is 0 Å². The van der Waals surface area contributed by atoms with E-state index in [2.05, 4.69) is 31.7 Å². The summed E-state index contributed by atoms with van der Waals surface area (Å²) in [6.45, 7) is 0.802. The number of aromatic amines is 1. The lowest BCUT2D eigenvalue weighted by molar-refractivity contribution is 0.801. The van der Waals surface area contributed by atoms with Crippen molar-refractivity contribution in [2.75, 3.05) is 0 Å². The Morgan fingerprint density at radius 3 is 2.71 bits per heavy atom. The van der Waals surface area contributed by atoms with Gasteiger partial charge in [-0.3, -0.25) is 0 Å². The van der Waals surface area contributed by atoms with E-state index in [0.29, 0.717) is 0 Å². The average molecular weight is 224 g/mol. The molecule has 0 saturated heterocycles. The van der Waals surface area contributed by atoms with Crippen molar-refractivity contribution in [3.8, 4) is 11.6 Å². The molecule has 4 heteroatoms. The molecule has 84 valence electrons. The molecule has 2 heterocycles. The van der Waals surface area contributed by atoms with Crippen LogP contribution in [0.5, 0.6) is 0 Å². The van der Waals surface area contributed by atoms with E-state index < -0.39 is 0 Å². The van der Waals surface area contributed by atoms with Crippen LogP contribution < -0.4 is 0 Å². The fourth-order valence-corrected chi connectivity index (χ4v) is 1.82. The van der Waals surface area contributed by atoms with Crippen LogP contribution in [0.4, 0.5) is 0 Å². The summed E-state index contributed by atoms with van der Waals surface area (Å²) >= 11 is 0. The number of nitrogens with one attached hydrogen (secondary N) is 1. The minimum atomic E-state index is 0.797. The lowest BCUT2D eigenvalue weighted by Gasteiger charge is -2.05. The van der Waals surface area contributed by atoms with Gasteiger partial charge in [-0.15, -0.1) is 0 Å². The highest BCUT2D eigenvalue weighted by Crippen LogP contribution is 2.13. The fraction of sp³-hybridized carbons (Fsp3) is 0.0769. The van der Waals surface area contributed by atoms with Crippen molar-refractivity contribution in [2.24, 2.45) is 0 Å². The molecule has 0 spiro atoms. The molecular weight excluding hydrogens is 212 g/mol. The summed E-state index contributed by atoms with van der Waals surface area (Å²) in [4.78, 5) is 11.6. The Labute approximate surface area is 99.0 Å². The van der Waals surface area contributed by atoms with Crippen LogP contribution >= 0.6 is 0 Å². The van der Waals surface area contributed by atoms with Gasteiger partial charge in [-0.25, -0.2) is 9.97 Å². The summed E-state index contributed by atoms with van der Waals surface area (Å²) in [5.74, 6) is 1.66. The van der Waals surface area contributed by atoms with E-state index in [0.717, 1.165) is 18.2 Å². The first-order valence-corrected chi connectivity index (χ1v) is 5.48. The van der Waals surface area contributed by atoms with E-state index in [1.165, 1.54) is 5.56 Å². The normalized spacial score (nSPS) is 10.6. The molecule has 3 aromatic rings. The molecule has 17 heavy (non-hydrogen) atoms. The third kappa shape index (κ3) is 1.97. The van der Waals surface area contributed by atoms with Gasteiger partial charge in [-0.2, -0.15) is 0 Å². The third-order valence-corrected chi connectivity index (χ3v) is 2.62. The molecule has 0 bridgehead atoms. The largest absolute Gasteiger partial charge is 0.342 e. The molecule has 0 aliphatic carbocycles. The van der Waals surface area contributed by atoms with Gasteiger partial charge in [0.2, 0.25) is 0 Å². The topological polar surface area (TPSA) is 46.5 Å². The Bertz CT molecular complexity index is 581. The number of imidazole rings is 2. The van der Waals surface area contributed by atoms with E-state index in [4.69, 9.17) is 0 Å². The first-order chi connectivity index (χ1) is 8.43. The van der Waals surface area contributed by atoms with Crippen molar-refractivity contribution in [1.29, 1.82) is 0 Å². The molecule has 0 aliphatic rings. The van der Waals surface area contributed by atoms with Crippen LogP contribution in [-0.2, 0) is 6.54 Å². The van der Waals surface area contributed by atoms with Crippen LogP contribution in [-0.4, -0.2) is 19.5 Å². The highest BCUT2D eigenvalue weighted by molar-refractivity contribution is 5.43. The summed E-state index contributed by atoms with van der Waals surface area (Å²) in [7, 11) is 0. The van der Waals surface area contributed by atoms with Crippen molar-refractivity contribution in [3.05, 3.63) is 60.7 Å². The quantitative estimate of drug-likeness (QED) is 0.742. The Balaban J connectivity index is 1.92. The molecule has 0 amide bonds. The van der Waals surface area contributed by atoms with Gasteiger partial charge < -0.3 is 9.55 Å². The minimum Gasteiger partial charge on any atom is -0.342 e. The lowest BCUT2D eigenvalue weighted by Crippen LogP contribution is -2.01. The molecule has 1 N–H and O–H groups in total. The second-order valence-electron chi connectivity index (χ2n) is 3.80. The maximum atomic E-state index is 4.32. The predicted octanol–water partition coefficient (Wildman–Crippen LogP) is 2.32. The molecule has 0 aliphatic heterocycles. The van der Waals surface area contributed by atoms with E-state index in [-0.39, 0.29) is 0 Å². The molecule has 0 radical (unpaired) electrons. The van der Waals surface area contributed by atoms with E-state index >= 15 is 0 Å². The van der Waals surface area contributed by atoms with Gasteiger partial charge in [0.25, 0.3) is 0 Å². The van der Waals surface area contributed by atoms with Gasteiger partial charge in [0.05, 0.1) is 0 Å². The highest BCUT2D eigenvalue weighted by Gasteiger charge is 2.07. The predicted molar refractivity (Wildman–Crippen MR) is 65.4 cm³/mol. The van der Waals surface area contributed by atoms with Crippen LogP contribution in [0, 0.1) is 0 Å². The maximum Gasteiger partial charge on any atom is 0.176 e. The second kappa shape index (κ2) is 4.25. The monoisotopic (exact) mass is 224 g/mol. The average Bonchev–Trinajstić information content (AvgIpc) is 3.00. The molecule has 1 aromatic carbocycles. The zero-order chi connectivity index (χ0) is 11.5. The summed E-state index contributed by atoms with van der Waals surface area (Å²) in [5.41, 5.74) is 1.25. The van der Waals surface area contributed by atoms with Crippen LogP contribution in [0.25, 0.3) is 11.6 Å². The Kier molecular flexibility index (Phi) is 2.46. The van der Waals surface area contributed by atoms with Crippen molar-refractivity contribution in [2.45, 2.75) is 6.54 Å². The molecule has 3 rings (SSSR count). The Morgan fingerprint density at radius 1 is 1.06 bits per heavy atom. The van der Waals surface area contributed by atoms with Gasteiger partial charge in [-0.1, -0.05) is 30.3 Å². The van der Waals surface area contributed by atoms with E-state index in [1.807, 2.05) is 24.4 Å². The van der Waals surface area contributed by atoms with Gasteiger partial charge in [0, 0.05) is 31.3 Å². The van der Waals surface area contributed by atoms with Crippen LogP contribution in [0.1, 0.15) is 5.56 Å². The third-order valence-electron chi connectivity index (χ3n) is 2.62. The summed E-state index contributed by atoms with van der Waals surface area (Å²) in [6, 6.07) is 10.3. The molecule has 0 unspecified atom stereocenters. The van der Waals surface area contributed by atoms with Crippen LogP contribution in [0.15, 0.2) is 55.1 Å². The molecule has 0 saturated carbocycles. The number of hydrogen-bond acceptors (Lipinski definition) is 2. The van der Waals surface area contributed by atoms with Gasteiger partial charge in [0.15, 0.2) is 11.6 Å². The zero-order valence-corrected chi connectivity index (χ0v) is 9.24. The standard InChI is InChI=1S/C13H12N4/c1-2-4-11(5-3-1)10-17-9-8-16-13(17)12-14-6-7-15-12/h1-9H,10H2,(H,14,15). The van der Waals surface area contributed by atoms with Crippen molar-refractivity contribution in [1.82, 2.24) is 19.5 Å². The zero-order valence-electron chi connectivity index (χ0n) is 9.24. The first kappa shape index (κ1) is 9.84. The van der Waals surface area contributed by atoms with Gasteiger partial charge in [0.1, 0.15) is 0 Å². The van der Waals surface area contributed by atoms with E-state index in [9.17, 15) is 0 Å². The summed E-state index contributed by atoms with van der Waals surface area (Å²) in [6.07, 6.45) is 7.29. The molecule has 4 nitrogen and oxygen atoms in total. The van der Waals surface area contributed by atoms with Crippen molar-refractivity contribution >= 4 is 0 Å².